The van der Waals surface area contributed by atoms with Crippen LogP contribution in [0.3, 0.4) is 0 Å². The molecule has 1 saturated heterocycles. The highest BCUT2D eigenvalue weighted by Gasteiger charge is 2.24. The summed E-state index contributed by atoms with van der Waals surface area (Å²) in [6.45, 7) is 2.75. The van der Waals surface area contributed by atoms with Gasteiger partial charge in [0.05, 0.1) is 5.69 Å². The van der Waals surface area contributed by atoms with Gasteiger partial charge in [-0.05, 0) is 37.8 Å². The number of hydrogen-bond acceptors (Lipinski definition) is 4. The minimum absolute atomic E-state index is 0.000128. The van der Waals surface area contributed by atoms with Gasteiger partial charge in [0, 0.05) is 37.7 Å². The Hall–Kier alpha value is -1.11. The Balaban J connectivity index is 1.74. The molecule has 5 nitrogen and oxygen atoms in total. The van der Waals surface area contributed by atoms with Crippen molar-refractivity contribution in [2.24, 2.45) is 0 Å². The maximum Gasteiger partial charge on any atom is 0.321 e. The Kier molecular flexibility index (Phi) is 5.82. The van der Waals surface area contributed by atoms with Crippen LogP contribution in [0.5, 0.6) is 0 Å². The molecule has 0 unspecified atom stereocenters. The molecule has 0 radical (unpaired) electrons. The molecular formula is C14H23N3O2S. The number of aliphatic hydroxyl groups excluding tert-OH is 1. The summed E-state index contributed by atoms with van der Waals surface area (Å²) in [6, 6.07) is 2.43. The fraction of sp³-hybridized carbons (Fsp3) is 0.643. The number of aliphatic hydroxyl groups is 1. The molecule has 112 valence electrons. The summed E-state index contributed by atoms with van der Waals surface area (Å²) in [7, 11) is 2.10. The predicted octanol–water partition coefficient (Wildman–Crippen LogP) is 2.06. The first-order valence-electron chi connectivity index (χ1n) is 7.10. The standard InChI is InChI=1S/C14H23N3O2S/c1-16(6-2-9-18)13-3-7-17(8-4-13)14(19)15-12-5-10-20-11-12/h5,10-11,13,18H,2-4,6-9H2,1H3,(H,15,19). The highest BCUT2D eigenvalue weighted by atomic mass is 32.1. The van der Waals surface area contributed by atoms with Gasteiger partial charge < -0.3 is 20.2 Å². The minimum Gasteiger partial charge on any atom is -0.396 e. The van der Waals surface area contributed by atoms with Crippen LogP contribution in [0.25, 0.3) is 0 Å². The predicted molar refractivity (Wildman–Crippen MR) is 82.3 cm³/mol. The maximum atomic E-state index is 12.1. The number of piperidine rings is 1. The number of likely N-dealkylation sites (tertiary alicyclic amines) is 1. The topological polar surface area (TPSA) is 55.8 Å². The second kappa shape index (κ2) is 7.61. The van der Waals surface area contributed by atoms with Crippen molar-refractivity contribution in [3.8, 4) is 0 Å². The summed E-state index contributed by atoms with van der Waals surface area (Å²) in [6.07, 6.45) is 2.81. The lowest BCUT2D eigenvalue weighted by Gasteiger charge is -2.36. The lowest BCUT2D eigenvalue weighted by atomic mass is 10.0. The van der Waals surface area contributed by atoms with E-state index >= 15 is 0 Å². The smallest absolute Gasteiger partial charge is 0.321 e. The van der Waals surface area contributed by atoms with Crippen LogP contribution in [0.15, 0.2) is 16.8 Å². The molecule has 0 spiro atoms. The molecule has 6 heteroatoms. The van der Waals surface area contributed by atoms with Crippen LogP contribution in [-0.4, -0.2) is 60.3 Å². The molecule has 1 aromatic heterocycles. The fourth-order valence-corrected chi connectivity index (χ4v) is 3.14. The molecule has 1 aromatic rings. The van der Waals surface area contributed by atoms with E-state index in [4.69, 9.17) is 5.11 Å². The number of nitrogens with one attached hydrogen (secondary N) is 1. The summed E-state index contributed by atoms with van der Waals surface area (Å²) in [5.74, 6) is 0. The van der Waals surface area contributed by atoms with Crippen LogP contribution >= 0.6 is 11.3 Å². The molecule has 0 atom stereocenters. The van der Waals surface area contributed by atoms with E-state index in [1.807, 2.05) is 21.7 Å². The Morgan fingerprint density at radius 3 is 2.90 bits per heavy atom. The molecule has 2 heterocycles. The van der Waals surface area contributed by atoms with E-state index in [9.17, 15) is 4.79 Å². The van der Waals surface area contributed by atoms with Crippen LogP contribution in [0.4, 0.5) is 10.5 Å². The summed E-state index contributed by atoms with van der Waals surface area (Å²) >= 11 is 1.58. The van der Waals surface area contributed by atoms with E-state index in [1.54, 1.807) is 11.3 Å². The number of hydrogen-bond donors (Lipinski definition) is 2. The van der Waals surface area contributed by atoms with E-state index in [-0.39, 0.29) is 12.6 Å². The quantitative estimate of drug-likeness (QED) is 0.874. The first-order valence-corrected chi connectivity index (χ1v) is 8.04. The van der Waals surface area contributed by atoms with Gasteiger partial charge in [0.25, 0.3) is 0 Å². The van der Waals surface area contributed by atoms with E-state index in [2.05, 4.69) is 17.3 Å². The average molecular weight is 297 g/mol. The van der Waals surface area contributed by atoms with Gasteiger partial charge in [-0.25, -0.2) is 4.79 Å². The normalized spacial score (nSPS) is 16.6. The third-order valence-corrected chi connectivity index (χ3v) is 4.50. The SMILES string of the molecule is CN(CCCO)C1CCN(C(=O)Nc2ccsc2)CC1. The zero-order valence-electron chi connectivity index (χ0n) is 11.9. The molecule has 0 aliphatic carbocycles. The van der Waals surface area contributed by atoms with Gasteiger partial charge in [-0.3, -0.25) is 0 Å². The molecule has 2 rings (SSSR count). The fourth-order valence-electron chi connectivity index (χ4n) is 2.55. The summed E-state index contributed by atoms with van der Waals surface area (Å²) < 4.78 is 0. The van der Waals surface area contributed by atoms with Crippen molar-refractivity contribution in [3.63, 3.8) is 0 Å². The first-order chi connectivity index (χ1) is 9.70. The van der Waals surface area contributed by atoms with Gasteiger partial charge in [0.1, 0.15) is 0 Å². The molecule has 20 heavy (non-hydrogen) atoms. The maximum absolute atomic E-state index is 12.1. The molecule has 0 bridgehead atoms. The summed E-state index contributed by atoms with van der Waals surface area (Å²) in [5.41, 5.74) is 0.877. The summed E-state index contributed by atoms with van der Waals surface area (Å²) in [4.78, 5) is 16.3. The number of nitrogens with zero attached hydrogens (tertiary/aromatic N) is 2. The van der Waals surface area contributed by atoms with Gasteiger partial charge in [-0.1, -0.05) is 0 Å². The molecular weight excluding hydrogens is 274 g/mol. The first kappa shape index (κ1) is 15.3. The highest BCUT2D eigenvalue weighted by Crippen LogP contribution is 2.18. The molecule has 0 aromatic carbocycles. The third-order valence-electron chi connectivity index (χ3n) is 3.82. The van der Waals surface area contributed by atoms with Crippen LogP contribution in [-0.2, 0) is 0 Å². The van der Waals surface area contributed by atoms with Gasteiger partial charge in [-0.15, -0.1) is 0 Å². The van der Waals surface area contributed by atoms with Crippen molar-refractivity contribution in [2.75, 3.05) is 38.6 Å². The Bertz CT molecular complexity index is 403. The van der Waals surface area contributed by atoms with E-state index in [0.29, 0.717) is 6.04 Å². The highest BCUT2D eigenvalue weighted by molar-refractivity contribution is 7.08. The van der Waals surface area contributed by atoms with Crippen molar-refractivity contribution >= 4 is 23.1 Å². The molecule has 1 fully saturated rings. The van der Waals surface area contributed by atoms with Gasteiger partial charge >= 0.3 is 6.03 Å². The number of urea groups is 1. The monoisotopic (exact) mass is 297 g/mol. The van der Waals surface area contributed by atoms with E-state index in [1.165, 1.54) is 0 Å². The molecule has 2 N–H and O–H groups in total. The van der Waals surface area contributed by atoms with Gasteiger partial charge in [0.2, 0.25) is 0 Å². The zero-order chi connectivity index (χ0) is 14.4. The van der Waals surface area contributed by atoms with Crippen LogP contribution in [0.2, 0.25) is 0 Å². The van der Waals surface area contributed by atoms with Crippen molar-refractivity contribution in [2.45, 2.75) is 25.3 Å². The van der Waals surface area contributed by atoms with Crippen LogP contribution < -0.4 is 5.32 Å². The van der Waals surface area contributed by atoms with E-state index < -0.39 is 0 Å². The number of rotatable bonds is 5. The number of amides is 2. The molecule has 2 amide bonds. The van der Waals surface area contributed by atoms with Crippen molar-refractivity contribution in [3.05, 3.63) is 16.8 Å². The minimum atomic E-state index is -0.000128. The number of anilines is 1. The Morgan fingerprint density at radius 2 is 2.30 bits per heavy atom. The largest absolute Gasteiger partial charge is 0.396 e. The Morgan fingerprint density at radius 1 is 1.55 bits per heavy atom. The van der Waals surface area contributed by atoms with Crippen LogP contribution in [0, 0.1) is 0 Å². The van der Waals surface area contributed by atoms with Gasteiger partial charge in [0.15, 0.2) is 0 Å². The summed E-state index contributed by atoms with van der Waals surface area (Å²) in [5, 5.41) is 15.7. The lowest BCUT2D eigenvalue weighted by molar-refractivity contribution is 0.134. The van der Waals surface area contributed by atoms with Gasteiger partial charge in [-0.2, -0.15) is 11.3 Å². The number of thiophene rings is 1. The second-order valence-corrected chi connectivity index (χ2v) is 6.00. The number of carbonyl (C=O) groups excluding carboxylic acids is 1. The van der Waals surface area contributed by atoms with E-state index in [0.717, 1.165) is 44.6 Å². The van der Waals surface area contributed by atoms with Crippen LogP contribution in [0.1, 0.15) is 19.3 Å². The van der Waals surface area contributed by atoms with Crippen molar-refractivity contribution < 1.29 is 9.90 Å². The molecule has 1 aliphatic rings. The van der Waals surface area contributed by atoms with Crippen molar-refractivity contribution in [1.82, 2.24) is 9.80 Å². The lowest BCUT2D eigenvalue weighted by Crippen LogP contribution is -2.47. The third kappa shape index (κ3) is 4.19. The zero-order valence-corrected chi connectivity index (χ0v) is 12.7. The second-order valence-electron chi connectivity index (χ2n) is 5.22. The molecule has 1 aliphatic heterocycles. The van der Waals surface area contributed by atoms with Crippen molar-refractivity contribution in [1.29, 1.82) is 0 Å². The average Bonchev–Trinajstić information content (AvgIpc) is 2.97. The molecule has 0 saturated carbocycles. The number of carbonyl (C=O) groups is 1. The Labute approximate surface area is 124 Å².